The van der Waals surface area contributed by atoms with Gasteiger partial charge in [0.05, 0.1) is 25.4 Å². The van der Waals surface area contributed by atoms with E-state index >= 15 is 0 Å². The Morgan fingerprint density at radius 1 is 0.386 bits per heavy atom. The fraction of sp³-hybridized carbons (Fsp3) is 0.938. The number of ether oxygens (including phenoxy) is 1. The van der Waals surface area contributed by atoms with Crippen LogP contribution in [0.5, 0.6) is 0 Å². The van der Waals surface area contributed by atoms with Crippen LogP contribution >= 0.6 is 0 Å². The first-order valence-corrected chi connectivity index (χ1v) is 31.9. The van der Waals surface area contributed by atoms with Gasteiger partial charge in [0.1, 0.15) is 0 Å². The Hall–Kier alpha value is -1.40. The van der Waals surface area contributed by atoms with Crippen LogP contribution in [0, 0.1) is 0 Å². The van der Waals surface area contributed by atoms with Crippen LogP contribution in [0.2, 0.25) is 0 Å². The minimum Gasteiger partial charge on any atom is -0.466 e. The van der Waals surface area contributed by atoms with Gasteiger partial charge in [-0.2, -0.15) is 0 Å². The second kappa shape index (κ2) is 60.2. The average Bonchev–Trinajstić information content (AvgIpc) is 3.36. The highest BCUT2D eigenvalue weighted by Gasteiger charge is 2.20. The molecule has 0 spiro atoms. The van der Waals surface area contributed by atoms with Gasteiger partial charge in [-0.1, -0.05) is 309 Å². The average molecular weight is 989 g/mol. The number of nitrogens with one attached hydrogen (secondary N) is 1. The molecular formula is C64H125NO5. The summed E-state index contributed by atoms with van der Waals surface area (Å²) in [7, 11) is 0. The third kappa shape index (κ3) is 55.9. The van der Waals surface area contributed by atoms with Crippen LogP contribution in [0.1, 0.15) is 361 Å². The zero-order valence-electron chi connectivity index (χ0n) is 47.5. The second-order valence-electron chi connectivity index (χ2n) is 22.1. The maximum atomic E-state index is 12.5. The van der Waals surface area contributed by atoms with Crippen molar-refractivity contribution < 1.29 is 24.5 Å². The van der Waals surface area contributed by atoms with Crippen molar-refractivity contribution >= 4 is 11.9 Å². The molecule has 0 aliphatic rings. The Morgan fingerprint density at radius 2 is 0.671 bits per heavy atom. The van der Waals surface area contributed by atoms with Crippen LogP contribution in [-0.2, 0) is 14.3 Å². The minimum atomic E-state index is -0.671. The van der Waals surface area contributed by atoms with E-state index in [4.69, 9.17) is 4.74 Å². The molecule has 0 radical (unpaired) electrons. The molecule has 0 aromatic carbocycles. The van der Waals surface area contributed by atoms with Crippen LogP contribution in [0.15, 0.2) is 12.2 Å². The molecule has 0 aromatic rings. The van der Waals surface area contributed by atoms with Crippen LogP contribution in [0.3, 0.4) is 0 Å². The molecule has 2 unspecified atom stereocenters. The van der Waals surface area contributed by atoms with Gasteiger partial charge in [0, 0.05) is 12.8 Å². The predicted octanol–water partition coefficient (Wildman–Crippen LogP) is 20.0. The van der Waals surface area contributed by atoms with Gasteiger partial charge in [0.2, 0.25) is 5.91 Å². The van der Waals surface area contributed by atoms with Gasteiger partial charge >= 0.3 is 5.97 Å². The maximum absolute atomic E-state index is 12.5. The molecule has 0 fully saturated rings. The molecule has 0 aliphatic carbocycles. The Labute approximate surface area is 438 Å². The van der Waals surface area contributed by atoms with Gasteiger partial charge in [-0.3, -0.25) is 9.59 Å². The predicted molar refractivity (Wildman–Crippen MR) is 306 cm³/mol. The summed E-state index contributed by atoms with van der Waals surface area (Å²) in [6.07, 6.45) is 72.2. The molecule has 0 saturated carbocycles. The van der Waals surface area contributed by atoms with Crippen LogP contribution in [-0.4, -0.2) is 47.4 Å². The summed E-state index contributed by atoms with van der Waals surface area (Å²) in [4.78, 5) is 24.6. The van der Waals surface area contributed by atoms with Gasteiger partial charge < -0.3 is 20.3 Å². The topological polar surface area (TPSA) is 95.9 Å². The molecule has 0 bridgehead atoms. The first-order chi connectivity index (χ1) is 34.5. The summed E-state index contributed by atoms with van der Waals surface area (Å²) in [5, 5.41) is 23.4. The van der Waals surface area contributed by atoms with Crippen LogP contribution in [0.4, 0.5) is 0 Å². The fourth-order valence-corrected chi connectivity index (χ4v) is 10.2. The van der Waals surface area contributed by atoms with Gasteiger partial charge in [-0.25, -0.2) is 0 Å². The largest absolute Gasteiger partial charge is 0.466 e. The lowest BCUT2D eigenvalue weighted by Crippen LogP contribution is -2.45. The monoisotopic (exact) mass is 988 g/mol. The normalized spacial score (nSPS) is 12.6. The number of aliphatic hydroxyl groups is 2. The van der Waals surface area contributed by atoms with E-state index in [0.29, 0.717) is 25.9 Å². The first kappa shape index (κ1) is 68.6. The Kier molecular flexibility index (Phi) is 59.0. The molecule has 0 saturated heterocycles. The number of carbonyl (C=O) groups is 2. The molecule has 70 heavy (non-hydrogen) atoms. The van der Waals surface area contributed by atoms with Crippen molar-refractivity contribution in [3.8, 4) is 0 Å². The quantitative estimate of drug-likeness (QED) is 0.0321. The SMILES string of the molecule is CCCCCC/C=C\CCCCCCCC(=O)OCCCCCCCCCCCCCCCCCC(=O)NC(CO)C(O)CCCCCCCCCCCCCCCCCCCCCCCCCCC. The number of unbranched alkanes of at least 4 members (excludes halogenated alkanes) is 47. The number of rotatable bonds is 60. The lowest BCUT2D eigenvalue weighted by atomic mass is 10.0. The summed E-state index contributed by atoms with van der Waals surface area (Å²) >= 11 is 0. The summed E-state index contributed by atoms with van der Waals surface area (Å²) < 4.78 is 5.47. The van der Waals surface area contributed by atoms with Crippen LogP contribution < -0.4 is 5.32 Å². The molecule has 1 amide bonds. The van der Waals surface area contributed by atoms with Gasteiger partial charge in [0.25, 0.3) is 0 Å². The molecule has 3 N–H and O–H groups in total. The molecule has 6 nitrogen and oxygen atoms in total. The van der Waals surface area contributed by atoms with E-state index in [9.17, 15) is 19.8 Å². The van der Waals surface area contributed by atoms with Gasteiger partial charge in [0.15, 0.2) is 0 Å². The van der Waals surface area contributed by atoms with E-state index in [1.165, 1.54) is 276 Å². The molecule has 0 aromatic heterocycles. The number of allylic oxidation sites excluding steroid dienone is 2. The molecule has 416 valence electrons. The highest BCUT2D eigenvalue weighted by Crippen LogP contribution is 2.18. The van der Waals surface area contributed by atoms with E-state index in [1.54, 1.807) is 0 Å². The Balaban J connectivity index is 3.42. The zero-order valence-corrected chi connectivity index (χ0v) is 47.5. The highest BCUT2D eigenvalue weighted by atomic mass is 16.5. The number of hydrogen-bond acceptors (Lipinski definition) is 5. The second-order valence-corrected chi connectivity index (χ2v) is 22.1. The summed E-state index contributed by atoms with van der Waals surface area (Å²) in [6.45, 7) is 4.95. The lowest BCUT2D eigenvalue weighted by molar-refractivity contribution is -0.143. The van der Waals surface area contributed by atoms with Crippen molar-refractivity contribution in [2.75, 3.05) is 13.2 Å². The van der Waals surface area contributed by atoms with Crippen molar-refractivity contribution in [3.63, 3.8) is 0 Å². The lowest BCUT2D eigenvalue weighted by Gasteiger charge is -2.22. The third-order valence-corrected chi connectivity index (χ3v) is 15.1. The van der Waals surface area contributed by atoms with Crippen molar-refractivity contribution in [1.29, 1.82) is 0 Å². The van der Waals surface area contributed by atoms with E-state index in [2.05, 4.69) is 31.3 Å². The summed E-state index contributed by atoms with van der Waals surface area (Å²) in [6, 6.07) is -0.549. The van der Waals surface area contributed by atoms with Gasteiger partial charge in [-0.05, 0) is 51.4 Å². The first-order valence-electron chi connectivity index (χ1n) is 31.9. The molecule has 0 heterocycles. The van der Waals surface area contributed by atoms with Crippen molar-refractivity contribution in [3.05, 3.63) is 12.2 Å². The number of esters is 1. The van der Waals surface area contributed by atoms with E-state index < -0.39 is 12.1 Å². The molecule has 0 aliphatic heterocycles. The van der Waals surface area contributed by atoms with Crippen molar-refractivity contribution in [2.24, 2.45) is 0 Å². The van der Waals surface area contributed by atoms with Crippen LogP contribution in [0.25, 0.3) is 0 Å². The number of carbonyl (C=O) groups excluding carboxylic acids is 2. The summed E-state index contributed by atoms with van der Waals surface area (Å²) in [5.74, 6) is -0.0465. The Morgan fingerprint density at radius 3 is 1.03 bits per heavy atom. The maximum Gasteiger partial charge on any atom is 0.305 e. The fourth-order valence-electron chi connectivity index (χ4n) is 10.2. The molecule has 0 rings (SSSR count). The Bertz CT molecular complexity index is 1050. The molecule has 6 heteroatoms. The minimum absolute atomic E-state index is 0.00726. The third-order valence-electron chi connectivity index (χ3n) is 15.1. The van der Waals surface area contributed by atoms with Gasteiger partial charge in [-0.15, -0.1) is 0 Å². The van der Waals surface area contributed by atoms with E-state index in [0.717, 1.165) is 51.4 Å². The summed E-state index contributed by atoms with van der Waals surface area (Å²) in [5.41, 5.74) is 0. The smallest absolute Gasteiger partial charge is 0.305 e. The highest BCUT2D eigenvalue weighted by molar-refractivity contribution is 5.76. The van der Waals surface area contributed by atoms with Crippen molar-refractivity contribution in [2.45, 2.75) is 373 Å². The number of aliphatic hydroxyl groups excluding tert-OH is 2. The number of hydrogen-bond donors (Lipinski definition) is 3. The van der Waals surface area contributed by atoms with Crippen molar-refractivity contribution in [1.82, 2.24) is 5.32 Å². The zero-order chi connectivity index (χ0) is 50.7. The molecular weight excluding hydrogens is 863 g/mol. The van der Waals surface area contributed by atoms with E-state index in [1.807, 2.05) is 0 Å². The number of amides is 1. The molecule has 2 atom stereocenters. The van der Waals surface area contributed by atoms with E-state index in [-0.39, 0.29) is 18.5 Å². The standard InChI is InChI=1S/C64H125NO5/c1-3-5-7-9-11-13-15-17-18-19-20-21-22-23-24-25-26-27-29-33-36-40-44-48-52-56-62(67)61(60-66)65-63(68)57-53-49-45-41-37-34-30-28-31-35-39-43-47-51-55-59-70-64(69)58-54-50-46-42-38-32-16-14-12-10-8-6-4-2/h14,16,61-62,66-67H,3-13,15,17-60H2,1-2H3,(H,65,68)/b16-14-.